The van der Waals surface area contributed by atoms with Crippen molar-refractivity contribution in [2.24, 2.45) is 0 Å². The third-order valence-corrected chi connectivity index (χ3v) is 6.55. The van der Waals surface area contributed by atoms with Gasteiger partial charge in [0.05, 0.1) is 11.1 Å². The summed E-state index contributed by atoms with van der Waals surface area (Å²) in [5, 5.41) is 5.37. The Labute approximate surface area is 172 Å². The molecule has 9 heteroatoms. The Bertz CT molecular complexity index is 927. The van der Waals surface area contributed by atoms with E-state index in [1.54, 1.807) is 12.1 Å². The van der Waals surface area contributed by atoms with Crippen LogP contribution in [0, 0.1) is 0 Å². The minimum atomic E-state index is -1.22. The second-order valence-corrected chi connectivity index (χ2v) is 8.66. The number of halogens is 1. The van der Waals surface area contributed by atoms with Gasteiger partial charge < -0.3 is 5.32 Å². The molecule has 8 nitrogen and oxygen atoms in total. The van der Waals surface area contributed by atoms with E-state index in [-0.39, 0.29) is 24.0 Å². The molecule has 0 bridgehead atoms. The van der Waals surface area contributed by atoms with E-state index in [9.17, 15) is 19.2 Å². The van der Waals surface area contributed by atoms with Gasteiger partial charge in [-0.2, -0.15) is 0 Å². The van der Waals surface area contributed by atoms with Crippen molar-refractivity contribution in [1.29, 1.82) is 0 Å². The topological polar surface area (TPSA) is 98.8 Å². The molecule has 158 valence electrons. The zero-order chi connectivity index (χ0) is 21.0. The molecule has 2 N–H and O–H groups in total. The van der Waals surface area contributed by atoms with Crippen LogP contribution in [0.4, 0.5) is 4.39 Å². The van der Waals surface area contributed by atoms with Crippen LogP contribution in [0.5, 0.6) is 0 Å². The van der Waals surface area contributed by atoms with E-state index in [0.717, 1.165) is 16.0 Å². The normalized spacial score (nSPS) is 26.0. The molecule has 4 amide bonds. The van der Waals surface area contributed by atoms with Crippen molar-refractivity contribution < 1.29 is 23.6 Å². The Morgan fingerprint density at radius 1 is 1.00 bits per heavy atom. The number of hydrogen-bond donors (Lipinski definition) is 2. The first-order valence-corrected chi connectivity index (χ1v) is 10.3. The lowest BCUT2D eigenvalue weighted by atomic mass is 9.94. The highest BCUT2D eigenvalue weighted by Gasteiger charge is 2.45. The molecule has 1 atom stereocenters. The van der Waals surface area contributed by atoms with Gasteiger partial charge >= 0.3 is 0 Å². The molecule has 4 aliphatic heterocycles. The summed E-state index contributed by atoms with van der Waals surface area (Å²) in [6.07, 6.45) is 1.19. The van der Waals surface area contributed by atoms with E-state index in [1.807, 2.05) is 4.90 Å². The van der Waals surface area contributed by atoms with Gasteiger partial charge in [-0.1, -0.05) is 0 Å². The molecular formula is C21H23FN4O4. The number of piperidine rings is 2. The molecule has 2 fully saturated rings. The Morgan fingerprint density at radius 3 is 2.17 bits per heavy atom. The minimum Gasteiger partial charge on any atom is -0.316 e. The van der Waals surface area contributed by atoms with E-state index in [0.29, 0.717) is 45.6 Å². The van der Waals surface area contributed by atoms with Crippen LogP contribution in [-0.4, -0.2) is 64.8 Å². The van der Waals surface area contributed by atoms with Crippen LogP contribution in [0.2, 0.25) is 0 Å². The lowest BCUT2D eigenvalue weighted by Crippen LogP contribution is -2.54. The molecule has 5 rings (SSSR count). The lowest BCUT2D eigenvalue weighted by Gasteiger charge is -2.33. The largest absolute Gasteiger partial charge is 0.316 e. The number of rotatable bonds is 3. The first-order valence-electron chi connectivity index (χ1n) is 10.3. The van der Waals surface area contributed by atoms with Gasteiger partial charge in [-0.05, 0) is 55.6 Å². The fourth-order valence-corrected chi connectivity index (χ4v) is 4.98. The standard InChI is InChI=1S/C21H23FN4O4/c22-21(3-5-23-6-4-21)11-25-9-12-7-14-15(8-13(12)10-25)20(30)26(19(14)29)16-1-2-17(27)24-18(16)28/h7-8,16,23H,1-6,9-11H2,(H,24,27,28). The Hall–Kier alpha value is -2.65. The maximum Gasteiger partial charge on any atom is 0.262 e. The van der Waals surface area contributed by atoms with Crippen LogP contribution in [0.3, 0.4) is 0 Å². The summed E-state index contributed by atoms with van der Waals surface area (Å²) in [6.45, 7) is 2.73. The molecule has 30 heavy (non-hydrogen) atoms. The average molecular weight is 414 g/mol. The summed E-state index contributed by atoms with van der Waals surface area (Å²) in [5.41, 5.74) is 1.17. The molecule has 0 radical (unpaired) electrons. The quantitative estimate of drug-likeness (QED) is 0.699. The van der Waals surface area contributed by atoms with Crippen molar-refractivity contribution in [3.8, 4) is 0 Å². The van der Waals surface area contributed by atoms with Gasteiger partial charge in [0, 0.05) is 26.1 Å². The number of carbonyl (C=O) groups excluding carboxylic acids is 4. The number of fused-ring (bicyclic) bond motifs is 2. The number of carbonyl (C=O) groups is 4. The SMILES string of the molecule is O=C1CCC(N2C(=O)c3cc4c(cc3C2=O)CN(CC2(F)CCNCC2)C4)C(=O)N1. The van der Waals surface area contributed by atoms with E-state index in [1.165, 1.54) is 0 Å². The summed E-state index contributed by atoms with van der Waals surface area (Å²) in [5.74, 6) is -2.03. The first kappa shape index (κ1) is 19.3. The molecule has 0 spiro atoms. The molecule has 1 aromatic carbocycles. The second kappa shape index (κ2) is 6.95. The molecule has 1 unspecified atom stereocenters. The lowest BCUT2D eigenvalue weighted by molar-refractivity contribution is -0.136. The van der Waals surface area contributed by atoms with E-state index in [2.05, 4.69) is 10.6 Å². The molecule has 0 aromatic heterocycles. The van der Waals surface area contributed by atoms with Crippen LogP contribution >= 0.6 is 0 Å². The van der Waals surface area contributed by atoms with Gasteiger partial charge in [-0.3, -0.25) is 34.3 Å². The Kier molecular flexibility index (Phi) is 4.48. The monoisotopic (exact) mass is 414 g/mol. The van der Waals surface area contributed by atoms with Crippen molar-refractivity contribution in [3.63, 3.8) is 0 Å². The third kappa shape index (κ3) is 3.13. The predicted octanol–water partition coefficient (Wildman–Crippen LogP) is 0.495. The number of imide groups is 2. The third-order valence-electron chi connectivity index (χ3n) is 6.55. The summed E-state index contributed by atoms with van der Waals surface area (Å²) < 4.78 is 15.1. The summed E-state index contributed by atoms with van der Waals surface area (Å²) in [7, 11) is 0. The molecule has 0 aliphatic carbocycles. The van der Waals surface area contributed by atoms with Gasteiger partial charge in [-0.15, -0.1) is 0 Å². The van der Waals surface area contributed by atoms with Crippen molar-refractivity contribution >= 4 is 23.6 Å². The van der Waals surface area contributed by atoms with E-state index in [4.69, 9.17) is 0 Å². The van der Waals surface area contributed by atoms with Gasteiger partial charge in [0.15, 0.2) is 0 Å². The summed E-state index contributed by atoms with van der Waals surface area (Å²) >= 11 is 0. The van der Waals surface area contributed by atoms with Crippen molar-refractivity contribution in [2.45, 2.75) is 50.5 Å². The number of benzene rings is 1. The number of amides is 4. The Morgan fingerprint density at radius 2 is 1.60 bits per heavy atom. The number of hydrogen-bond acceptors (Lipinski definition) is 6. The maximum absolute atomic E-state index is 15.1. The summed E-state index contributed by atoms with van der Waals surface area (Å²) in [4.78, 5) is 52.5. The number of alkyl halides is 1. The van der Waals surface area contributed by atoms with E-state index < -0.39 is 35.3 Å². The molecule has 0 saturated carbocycles. The highest BCUT2D eigenvalue weighted by atomic mass is 19.1. The number of nitrogens with zero attached hydrogens (tertiary/aromatic N) is 2. The fraction of sp³-hybridized carbons (Fsp3) is 0.524. The van der Waals surface area contributed by atoms with Crippen LogP contribution in [0.25, 0.3) is 0 Å². The highest BCUT2D eigenvalue weighted by molar-refractivity contribution is 6.23. The predicted molar refractivity (Wildman–Crippen MR) is 103 cm³/mol. The van der Waals surface area contributed by atoms with Crippen LogP contribution in [-0.2, 0) is 22.7 Å². The fourth-order valence-electron chi connectivity index (χ4n) is 4.98. The van der Waals surface area contributed by atoms with Crippen molar-refractivity contribution in [1.82, 2.24) is 20.4 Å². The zero-order valence-corrected chi connectivity index (χ0v) is 16.5. The van der Waals surface area contributed by atoms with Gasteiger partial charge in [-0.25, -0.2) is 4.39 Å². The zero-order valence-electron chi connectivity index (χ0n) is 16.5. The Balaban J connectivity index is 1.35. The second-order valence-electron chi connectivity index (χ2n) is 8.66. The van der Waals surface area contributed by atoms with Crippen molar-refractivity contribution in [2.75, 3.05) is 19.6 Å². The van der Waals surface area contributed by atoms with E-state index >= 15 is 4.39 Å². The van der Waals surface area contributed by atoms with Gasteiger partial charge in [0.1, 0.15) is 11.7 Å². The molecule has 4 aliphatic rings. The number of nitrogens with one attached hydrogen (secondary N) is 2. The maximum atomic E-state index is 15.1. The van der Waals surface area contributed by atoms with Crippen LogP contribution in [0.1, 0.15) is 57.5 Å². The minimum absolute atomic E-state index is 0.0930. The highest BCUT2D eigenvalue weighted by Crippen LogP contribution is 2.35. The van der Waals surface area contributed by atoms with Crippen LogP contribution < -0.4 is 10.6 Å². The molecule has 4 heterocycles. The molecular weight excluding hydrogens is 391 g/mol. The molecule has 2 saturated heterocycles. The smallest absolute Gasteiger partial charge is 0.262 e. The summed E-state index contributed by atoms with van der Waals surface area (Å²) in [6, 6.07) is 2.46. The van der Waals surface area contributed by atoms with Gasteiger partial charge in [0.2, 0.25) is 11.8 Å². The van der Waals surface area contributed by atoms with Crippen LogP contribution in [0.15, 0.2) is 12.1 Å². The van der Waals surface area contributed by atoms with Gasteiger partial charge in [0.25, 0.3) is 11.8 Å². The van der Waals surface area contributed by atoms with Crippen molar-refractivity contribution in [3.05, 3.63) is 34.4 Å². The first-order chi connectivity index (χ1) is 14.3. The average Bonchev–Trinajstić information content (AvgIpc) is 3.19. The molecule has 1 aromatic rings.